The Hall–Kier alpha value is -3.58. The smallest absolute Gasteiger partial charge is 0.0686 e. The second-order valence-corrected chi connectivity index (χ2v) is 7.46. The molecule has 0 aliphatic carbocycles. The molecule has 1 heteroatoms. The highest BCUT2D eigenvalue weighted by molar-refractivity contribution is 6.98. The fourth-order valence-corrected chi connectivity index (χ4v) is 4.93. The van der Waals surface area contributed by atoms with Gasteiger partial charge >= 0.3 is 0 Å². The summed E-state index contributed by atoms with van der Waals surface area (Å²) in [5, 5.41) is 5.63. The normalized spacial score (nSPS) is 17.1. The maximum Gasteiger partial charge on any atom is 0.242 e. The molecule has 132 valence electrons. The lowest BCUT2D eigenvalue weighted by atomic mass is 9.33. The van der Waals surface area contributed by atoms with E-state index >= 15 is 0 Å². The van der Waals surface area contributed by atoms with Gasteiger partial charge in [-0.25, -0.2) is 0 Å². The highest BCUT2D eigenvalue weighted by Gasteiger charge is 2.32. The number of hydrogen-bond acceptors (Lipinski definition) is 0. The fourth-order valence-electron chi connectivity index (χ4n) is 4.93. The molecular weight excluding hydrogens is 347 g/mol. The summed E-state index contributed by atoms with van der Waals surface area (Å²) < 4.78 is 77.0. The molecule has 29 heavy (non-hydrogen) atoms. The second kappa shape index (κ2) is 5.49. The van der Waals surface area contributed by atoms with Gasteiger partial charge in [0.15, 0.2) is 0 Å². The van der Waals surface area contributed by atoms with E-state index < -0.39 is 30.9 Å². The molecule has 6 aromatic carbocycles. The van der Waals surface area contributed by atoms with Crippen molar-refractivity contribution in [3.8, 4) is 11.1 Å². The lowest BCUT2D eigenvalue weighted by Gasteiger charge is -2.29. The average molecular weight is 373 g/mol. The van der Waals surface area contributed by atoms with E-state index in [4.69, 9.17) is 12.3 Å². The Morgan fingerprint density at radius 1 is 0.552 bits per heavy atom. The predicted octanol–water partition coefficient (Wildman–Crippen LogP) is 5.08. The van der Waals surface area contributed by atoms with E-state index in [9.17, 15) is 0 Å². The first-order chi connectivity index (χ1) is 18.1. The van der Waals surface area contributed by atoms with E-state index in [-0.39, 0.29) is 41.1 Å². The first kappa shape index (κ1) is 9.28. The van der Waals surface area contributed by atoms with E-state index in [1.54, 1.807) is 0 Å². The fraction of sp³-hybridized carbons (Fsp3) is 0. The molecule has 0 fully saturated rings. The van der Waals surface area contributed by atoms with Crippen LogP contribution >= 0.6 is 0 Å². The van der Waals surface area contributed by atoms with E-state index in [1.165, 1.54) is 0 Å². The topological polar surface area (TPSA) is 0 Å². The summed E-state index contributed by atoms with van der Waals surface area (Å²) >= 11 is 0. The molecule has 1 heterocycles. The lowest BCUT2D eigenvalue weighted by Crippen LogP contribution is -2.54. The molecule has 0 aromatic heterocycles. The number of benzene rings is 6. The molecule has 6 aromatic rings. The minimum atomic E-state index is -0.998. The van der Waals surface area contributed by atoms with Crippen molar-refractivity contribution in [2.24, 2.45) is 0 Å². The Bertz CT molecular complexity index is 2000. The zero-order valence-corrected chi connectivity index (χ0v) is 15.2. The first-order valence-corrected chi connectivity index (χ1v) is 9.51. The largest absolute Gasteiger partial charge is 0.242 e. The predicted molar refractivity (Wildman–Crippen MR) is 127 cm³/mol. The highest BCUT2D eigenvalue weighted by atomic mass is 14.2. The molecule has 0 N–H and O–H groups in total. The van der Waals surface area contributed by atoms with Crippen LogP contribution in [0.15, 0.2) is 103 Å². The van der Waals surface area contributed by atoms with Gasteiger partial charge in [-0.2, -0.15) is 0 Å². The standard InChI is InChI=1S/C28H17B/c1-2-9-21(10-3-1)29-24-12-5-4-11-22(24)23-16-15-19-14-13-18-7-6-8-20-17-25(29)28(23)27(19)26(18)20/h1-17H/i1D,2D,3D,4D,5D,9D,10D,11D,12D. The number of rotatable bonds is 1. The van der Waals surface area contributed by atoms with E-state index in [0.717, 1.165) is 32.3 Å². The molecule has 0 bridgehead atoms. The zero-order chi connectivity index (χ0) is 26.8. The molecule has 1 aliphatic rings. The number of hydrogen-bond donors (Lipinski definition) is 0. The van der Waals surface area contributed by atoms with Crippen LogP contribution in [0.3, 0.4) is 0 Å². The summed E-state index contributed by atoms with van der Waals surface area (Å²) in [6, 6.07) is 12.2. The van der Waals surface area contributed by atoms with Crippen LogP contribution in [0.4, 0.5) is 0 Å². The Labute approximate surface area is 182 Å². The van der Waals surface area contributed by atoms with E-state index in [1.807, 2.05) is 48.5 Å². The van der Waals surface area contributed by atoms with Crippen molar-refractivity contribution >= 4 is 55.4 Å². The summed E-state index contributed by atoms with van der Waals surface area (Å²) in [6.45, 7) is -0.998. The first-order valence-electron chi connectivity index (χ1n) is 14.0. The minimum absolute atomic E-state index is 0.00254. The van der Waals surface area contributed by atoms with Crippen molar-refractivity contribution in [3.05, 3.63) is 103 Å². The third kappa shape index (κ3) is 1.95. The second-order valence-electron chi connectivity index (χ2n) is 7.46. The van der Waals surface area contributed by atoms with Crippen LogP contribution in [0.25, 0.3) is 43.4 Å². The highest BCUT2D eigenvalue weighted by Crippen LogP contribution is 2.39. The Balaban J connectivity index is 1.79. The van der Waals surface area contributed by atoms with Gasteiger partial charge in [-0.15, -0.1) is 0 Å². The Morgan fingerprint density at radius 2 is 1.28 bits per heavy atom. The molecule has 0 nitrogen and oxygen atoms in total. The van der Waals surface area contributed by atoms with Gasteiger partial charge in [0.2, 0.25) is 6.71 Å². The molecule has 0 radical (unpaired) electrons. The van der Waals surface area contributed by atoms with Crippen molar-refractivity contribution in [3.63, 3.8) is 0 Å². The van der Waals surface area contributed by atoms with Crippen molar-refractivity contribution in [1.29, 1.82) is 0 Å². The molecule has 0 spiro atoms. The van der Waals surface area contributed by atoms with Gasteiger partial charge in [0.25, 0.3) is 0 Å². The quantitative estimate of drug-likeness (QED) is 0.278. The average Bonchev–Trinajstić information content (AvgIpc) is 2.93. The monoisotopic (exact) mass is 373 g/mol. The number of fused-ring (bicyclic) bond motifs is 2. The van der Waals surface area contributed by atoms with Crippen LogP contribution in [-0.4, -0.2) is 6.71 Å². The van der Waals surface area contributed by atoms with Gasteiger partial charge in [-0.1, -0.05) is 119 Å². The maximum atomic E-state index is 8.91. The third-order valence-electron chi connectivity index (χ3n) is 6.05. The Kier molecular flexibility index (Phi) is 1.76. The SMILES string of the molecule is [2H]c1c([2H])c([2H])c(B2c3c([2H])c([2H])c([2H])c([2H])c3-c3ccc4ccc5cccc6cc2c3c4c56)c([2H])c1[2H]. The minimum Gasteiger partial charge on any atom is -0.0686 e. The van der Waals surface area contributed by atoms with Crippen molar-refractivity contribution in [2.75, 3.05) is 0 Å². The van der Waals surface area contributed by atoms with Crippen LogP contribution in [0.5, 0.6) is 0 Å². The lowest BCUT2D eigenvalue weighted by molar-refractivity contribution is 1.68. The third-order valence-corrected chi connectivity index (χ3v) is 6.05. The van der Waals surface area contributed by atoms with Gasteiger partial charge in [-0.05, 0) is 43.4 Å². The van der Waals surface area contributed by atoms with Gasteiger partial charge in [0.05, 0.1) is 12.3 Å². The Morgan fingerprint density at radius 3 is 2.17 bits per heavy atom. The van der Waals surface area contributed by atoms with Crippen LogP contribution in [0.2, 0.25) is 0 Å². The van der Waals surface area contributed by atoms with Gasteiger partial charge in [0.1, 0.15) is 0 Å². The zero-order valence-electron chi connectivity index (χ0n) is 24.2. The summed E-state index contributed by atoms with van der Waals surface area (Å²) in [6.07, 6.45) is 0. The summed E-state index contributed by atoms with van der Waals surface area (Å²) in [7, 11) is 0. The van der Waals surface area contributed by atoms with Crippen LogP contribution < -0.4 is 16.4 Å². The molecule has 1 aliphatic heterocycles. The van der Waals surface area contributed by atoms with Crippen LogP contribution in [-0.2, 0) is 0 Å². The molecule has 7 rings (SSSR count). The van der Waals surface area contributed by atoms with Crippen molar-refractivity contribution in [1.82, 2.24) is 0 Å². The van der Waals surface area contributed by atoms with E-state index in [0.29, 0.717) is 16.6 Å². The van der Waals surface area contributed by atoms with Gasteiger partial charge in [-0.3, -0.25) is 0 Å². The molecule has 0 saturated carbocycles. The molecular formula is C28H17B. The van der Waals surface area contributed by atoms with E-state index in [2.05, 4.69) is 0 Å². The maximum absolute atomic E-state index is 8.91. The van der Waals surface area contributed by atoms with Crippen molar-refractivity contribution in [2.45, 2.75) is 0 Å². The molecule has 0 saturated heterocycles. The summed E-state index contributed by atoms with van der Waals surface area (Å²) in [4.78, 5) is 0. The molecule has 0 atom stereocenters. The van der Waals surface area contributed by atoms with Crippen LogP contribution in [0.1, 0.15) is 12.3 Å². The van der Waals surface area contributed by atoms with Crippen molar-refractivity contribution < 1.29 is 12.3 Å². The molecule has 0 unspecified atom stereocenters. The van der Waals surface area contributed by atoms with Gasteiger partial charge < -0.3 is 0 Å². The van der Waals surface area contributed by atoms with Gasteiger partial charge in [0, 0.05) is 0 Å². The van der Waals surface area contributed by atoms with Crippen LogP contribution in [0, 0.1) is 0 Å². The molecule has 0 amide bonds. The summed E-state index contributed by atoms with van der Waals surface area (Å²) in [5.41, 5.74) is 1.84. The summed E-state index contributed by atoms with van der Waals surface area (Å²) in [5.74, 6) is 0.